The SMILES string of the molecule is CSc1nc(C(=O)N2CCC(n3ncc(C(=O)O)c3C)CC2)c2ccccn12. The van der Waals surface area contributed by atoms with Crippen LogP contribution in [0.25, 0.3) is 5.52 Å². The quantitative estimate of drug-likeness (QED) is 0.678. The molecule has 0 spiro atoms. The Kier molecular flexibility index (Phi) is 4.84. The molecule has 1 amide bonds. The van der Waals surface area contributed by atoms with Gasteiger partial charge in [0.2, 0.25) is 0 Å². The molecule has 3 aromatic heterocycles. The first-order valence-corrected chi connectivity index (χ1v) is 10.3. The Labute approximate surface area is 166 Å². The van der Waals surface area contributed by atoms with E-state index < -0.39 is 5.97 Å². The van der Waals surface area contributed by atoms with E-state index in [-0.39, 0.29) is 17.5 Å². The molecule has 9 heteroatoms. The highest BCUT2D eigenvalue weighted by molar-refractivity contribution is 7.98. The average molecular weight is 399 g/mol. The van der Waals surface area contributed by atoms with E-state index in [9.17, 15) is 14.7 Å². The van der Waals surface area contributed by atoms with E-state index in [1.165, 1.54) is 18.0 Å². The third kappa shape index (κ3) is 3.05. The molecule has 0 radical (unpaired) electrons. The van der Waals surface area contributed by atoms with Gasteiger partial charge in [-0.25, -0.2) is 9.78 Å². The fourth-order valence-corrected chi connectivity index (χ4v) is 4.31. The molecule has 146 valence electrons. The number of imidazole rings is 1. The zero-order valence-corrected chi connectivity index (χ0v) is 16.5. The minimum atomic E-state index is -0.965. The first-order chi connectivity index (χ1) is 13.5. The van der Waals surface area contributed by atoms with Gasteiger partial charge in [0.15, 0.2) is 10.9 Å². The third-order valence-electron chi connectivity index (χ3n) is 5.27. The maximum atomic E-state index is 13.1. The van der Waals surface area contributed by atoms with Crippen molar-refractivity contribution in [3.8, 4) is 0 Å². The lowest BCUT2D eigenvalue weighted by atomic mass is 10.0. The Bertz CT molecular complexity index is 1050. The molecule has 1 aliphatic heterocycles. The lowest BCUT2D eigenvalue weighted by molar-refractivity contribution is 0.0684. The molecule has 4 heterocycles. The van der Waals surface area contributed by atoms with Gasteiger partial charge in [0.05, 0.1) is 23.4 Å². The molecule has 0 atom stereocenters. The van der Waals surface area contributed by atoms with Crippen LogP contribution in [0.4, 0.5) is 0 Å². The van der Waals surface area contributed by atoms with Crippen LogP contribution in [0.3, 0.4) is 0 Å². The van der Waals surface area contributed by atoms with Crippen molar-refractivity contribution >= 4 is 29.2 Å². The number of hydrogen-bond donors (Lipinski definition) is 1. The fraction of sp³-hybridized carbons (Fsp3) is 0.368. The van der Waals surface area contributed by atoms with E-state index in [4.69, 9.17) is 0 Å². The number of carbonyl (C=O) groups is 2. The highest BCUT2D eigenvalue weighted by Gasteiger charge is 2.29. The number of fused-ring (bicyclic) bond motifs is 1. The minimum absolute atomic E-state index is 0.0640. The summed E-state index contributed by atoms with van der Waals surface area (Å²) in [6, 6.07) is 5.83. The molecule has 0 aliphatic carbocycles. The zero-order chi connectivity index (χ0) is 19.8. The molecule has 4 rings (SSSR count). The summed E-state index contributed by atoms with van der Waals surface area (Å²) in [6.45, 7) is 2.95. The second-order valence-electron chi connectivity index (χ2n) is 6.82. The highest BCUT2D eigenvalue weighted by atomic mass is 32.2. The van der Waals surface area contributed by atoms with Crippen LogP contribution < -0.4 is 0 Å². The number of carboxylic acids is 1. The van der Waals surface area contributed by atoms with Gasteiger partial charge in [0.25, 0.3) is 5.91 Å². The van der Waals surface area contributed by atoms with E-state index in [0.717, 1.165) is 23.5 Å². The Morgan fingerprint density at radius 3 is 2.64 bits per heavy atom. The first-order valence-electron chi connectivity index (χ1n) is 9.09. The molecule has 0 aromatic carbocycles. The third-order valence-corrected chi connectivity index (χ3v) is 5.93. The molecule has 1 saturated heterocycles. The van der Waals surface area contributed by atoms with Crippen molar-refractivity contribution in [1.29, 1.82) is 0 Å². The largest absolute Gasteiger partial charge is 0.478 e. The number of pyridine rings is 1. The topological polar surface area (TPSA) is 92.7 Å². The number of aromatic nitrogens is 4. The van der Waals surface area contributed by atoms with Gasteiger partial charge < -0.3 is 10.0 Å². The lowest BCUT2D eigenvalue weighted by Crippen LogP contribution is -2.39. The van der Waals surface area contributed by atoms with Gasteiger partial charge in [0.1, 0.15) is 5.56 Å². The predicted octanol–water partition coefficient (Wildman–Crippen LogP) is 2.74. The lowest BCUT2D eigenvalue weighted by Gasteiger charge is -2.32. The normalized spacial score (nSPS) is 15.3. The van der Waals surface area contributed by atoms with E-state index in [0.29, 0.717) is 24.5 Å². The summed E-state index contributed by atoms with van der Waals surface area (Å²) in [5.74, 6) is -1.03. The molecule has 3 aromatic rings. The summed E-state index contributed by atoms with van der Waals surface area (Å²) in [7, 11) is 0. The first kappa shape index (κ1) is 18.5. The van der Waals surface area contributed by atoms with Gasteiger partial charge in [0, 0.05) is 19.3 Å². The van der Waals surface area contributed by atoms with E-state index in [1.807, 2.05) is 40.0 Å². The van der Waals surface area contributed by atoms with Crippen LogP contribution in [-0.4, -0.2) is 60.4 Å². The number of amides is 1. The fourth-order valence-electron chi connectivity index (χ4n) is 3.78. The molecule has 1 aliphatic rings. The smallest absolute Gasteiger partial charge is 0.339 e. The molecule has 1 N–H and O–H groups in total. The average Bonchev–Trinajstić information content (AvgIpc) is 3.28. The molecular formula is C19H21N5O3S. The van der Waals surface area contributed by atoms with Crippen molar-refractivity contribution in [2.24, 2.45) is 0 Å². The molecular weight excluding hydrogens is 378 g/mol. The summed E-state index contributed by atoms with van der Waals surface area (Å²) in [5.41, 5.74) is 2.18. The Morgan fingerprint density at radius 1 is 1.25 bits per heavy atom. The Balaban J connectivity index is 1.51. The monoisotopic (exact) mass is 399 g/mol. The van der Waals surface area contributed by atoms with Gasteiger partial charge in [-0.15, -0.1) is 0 Å². The van der Waals surface area contributed by atoms with Gasteiger partial charge in [-0.1, -0.05) is 17.8 Å². The number of likely N-dealkylation sites (tertiary alicyclic amines) is 1. The number of thioether (sulfide) groups is 1. The van der Waals surface area contributed by atoms with Crippen LogP contribution in [0, 0.1) is 6.92 Å². The van der Waals surface area contributed by atoms with Crippen molar-refractivity contribution in [3.63, 3.8) is 0 Å². The van der Waals surface area contributed by atoms with Crippen LogP contribution >= 0.6 is 11.8 Å². The van der Waals surface area contributed by atoms with Crippen LogP contribution in [0.1, 0.15) is 45.4 Å². The molecule has 0 unspecified atom stereocenters. The maximum Gasteiger partial charge on any atom is 0.339 e. The number of piperidine rings is 1. The van der Waals surface area contributed by atoms with E-state index >= 15 is 0 Å². The number of nitrogens with zero attached hydrogens (tertiary/aromatic N) is 5. The molecule has 0 bridgehead atoms. The number of aromatic carboxylic acids is 1. The maximum absolute atomic E-state index is 13.1. The van der Waals surface area contributed by atoms with Crippen molar-refractivity contribution in [2.75, 3.05) is 19.3 Å². The number of carbonyl (C=O) groups excluding carboxylic acids is 1. The number of rotatable bonds is 4. The summed E-state index contributed by atoms with van der Waals surface area (Å²) in [6.07, 6.45) is 6.72. The van der Waals surface area contributed by atoms with Crippen LogP contribution in [0.15, 0.2) is 35.7 Å². The predicted molar refractivity (Wildman–Crippen MR) is 105 cm³/mol. The van der Waals surface area contributed by atoms with Gasteiger partial charge >= 0.3 is 5.97 Å². The van der Waals surface area contributed by atoms with Crippen molar-refractivity contribution in [1.82, 2.24) is 24.1 Å². The van der Waals surface area contributed by atoms with Crippen LogP contribution in [0.2, 0.25) is 0 Å². The summed E-state index contributed by atoms with van der Waals surface area (Å²) in [4.78, 5) is 30.7. The summed E-state index contributed by atoms with van der Waals surface area (Å²) in [5, 5.41) is 14.3. The van der Waals surface area contributed by atoms with Crippen LogP contribution in [0.5, 0.6) is 0 Å². The van der Waals surface area contributed by atoms with Gasteiger partial charge in [-0.2, -0.15) is 5.10 Å². The summed E-state index contributed by atoms with van der Waals surface area (Å²) < 4.78 is 3.72. The standard InChI is InChI=1S/C19H21N5O3S/c1-12-14(18(26)27)11-20-24(12)13-6-9-22(10-7-13)17(25)16-15-5-3-4-8-23(15)19(21-16)28-2/h3-5,8,11,13H,6-7,9-10H2,1-2H3,(H,26,27). The number of hydrogen-bond acceptors (Lipinski definition) is 5. The van der Waals surface area contributed by atoms with E-state index in [1.54, 1.807) is 11.6 Å². The van der Waals surface area contributed by atoms with E-state index in [2.05, 4.69) is 10.1 Å². The summed E-state index contributed by atoms with van der Waals surface area (Å²) >= 11 is 1.51. The molecule has 28 heavy (non-hydrogen) atoms. The number of carboxylic acid groups (broad SMARTS) is 1. The van der Waals surface area contributed by atoms with Crippen molar-refractivity contribution in [3.05, 3.63) is 47.5 Å². The molecule has 0 saturated carbocycles. The molecule has 8 nitrogen and oxygen atoms in total. The van der Waals surface area contributed by atoms with Gasteiger partial charge in [-0.3, -0.25) is 13.9 Å². The highest BCUT2D eigenvalue weighted by Crippen LogP contribution is 2.27. The van der Waals surface area contributed by atoms with Crippen molar-refractivity contribution < 1.29 is 14.7 Å². The van der Waals surface area contributed by atoms with Crippen LogP contribution in [-0.2, 0) is 0 Å². The van der Waals surface area contributed by atoms with Gasteiger partial charge in [-0.05, 0) is 38.2 Å². The Morgan fingerprint density at radius 2 is 2.00 bits per heavy atom. The second-order valence-corrected chi connectivity index (χ2v) is 7.59. The minimum Gasteiger partial charge on any atom is -0.478 e. The second kappa shape index (κ2) is 7.31. The zero-order valence-electron chi connectivity index (χ0n) is 15.7. The van der Waals surface area contributed by atoms with Crippen molar-refractivity contribution in [2.45, 2.75) is 31.0 Å². The molecule has 1 fully saturated rings. The Hall–Kier alpha value is -2.81.